The summed E-state index contributed by atoms with van der Waals surface area (Å²) >= 11 is 5.97. The number of halogens is 1. The molecule has 3 aromatic carbocycles. The molecule has 2 amide bonds. The minimum atomic E-state index is -0.471. The summed E-state index contributed by atoms with van der Waals surface area (Å²) in [4.78, 5) is 28.9. The third kappa shape index (κ3) is 8.70. The third-order valence-corrected chi connectivity index (χ3v) is 7.16. The number of carbonyl (C=O) groups excluding carboxylic acids is 2. The Hall–Kier alpha value is -3.61. The lowest BCUT2D eigenvalue weighted by molar-refractivity contribution is -0.111. The predicted molar refractivity (Wildman–Crippen MR) is 163 cm³/mol. The lowest BCUT2D eigenvalue weighted by atomic mass is 10.0. The van der Waals surface area contributed by atoms with Crippen LogP contribution in [0.3, 0.4) is 0 Å². The van der Waals surface area contributed by atoms with Gasteiger partial charge in [0.15, 0.2) is 0 Å². The van der Waals surface area contributed by atoms with Crippen molar-refractivity contribution in [1.82, 2.24) is 9.80 Å². The van der Waals surface area contributed by atoms with Gasteiger partial charge in [0.05, 0.1) is 0 Å². The van der Waals surface area contributed by atoms with Crippen molar-refractivity contribution < 1.29 is 14.3 Å². The summed E-state index contributed by atoms with van der Waals surface area (Å²) in [5.41, 5.74) is 4.57. The smallest absolute Gasteiger partial charge is 0.410 e. The highest BCUT2D eigenvalue weighted by Gasteiger charge is 2.28. The van der Waals surface area contributed by atoms with Crippen LogP contribution in [0.2, 0.25) is 5.02 Å². The maximum Gasteiger partial charge on any atom is 0.410 e. The molecule has 210 valence electrons. The van der Waals surface area contributed by atoms with Crippen molar-refractivity contribution in [3.63, 3.8) is 0 Å². The number of carbonyl (C=O) groups is 2. The van der Waals surface area contributed by atoms with Gasteiger partial charge in [0.25, 0.3) is 0 Å². The van der Waals surface area contributed by atoms with E-state index in [9.17, 15) is 9.59 Å². The van der Waals surface area contributed by atoms with Gasteiger partial charge < -0.3 is 15.0 Å². The summed E-state index contributed by atoms with van der Waals surface area (Å²) in [5.74, 6) is -0.180. The van der Waals surface area contributed by atoms with Crippen molar-refractivity contribution in [2.75, 3.05) is 25.5 Å². The highest BCUT2D eigenvalue weighted by molar-refractivity contribution is 6.30. The second-order valence-electron chi connectivity index (χ2n) is 11.3. The fourth-order valence-electron chi connectivity index (χ4n) is 4.71. The van der Waals surface area contributed by atoms with E-state index in [0.717, 1.165) is 41.8 Å². The Bertz CT molecular complexity index is 1310. The Morgan fingerprint density at radius 1 is 0.950 bits per heavy atom. The Morgan fingerprint density at radius 3 is 2.10 bits per heavy atom. The third-order valence-electron chi connectivity index (χ3n) is 6.91. The van der Waals surface area contributed by atoms with Gasteiger partial charge in [-0.2, -0.15) is 0 Å². The first kappa shape index (κ1) is 29.4. The molecule has 40 heavy (non-hydrogen) atoms. The average molecular weight is 560 g/mol. The van der Waals surface area contributed by atoms with Crippen LogP contribution in [0.4, 0.5) is 10.5 Å². The zero-order valence-corrected chi connectivity index (χ0v) is 24.4. The van der Waals surface area contributed by atoms with Crippen molar-refractivity contribution in [3.05, 3.63) is 95.0 Å². The molecule has 6 nitrogen and oxygen atoms in total. The second-order valence-corrected chi connectivity index (χ2v) is 11.7. The molecule has 1 fully saturated rings. The molecule has 0 atom stereocenters. The van der Waals surface area contributed by atoms with Crippen LogP contribution in [0.5, 0.6) is 0 Å². The van der Waals surface area contributed by atoms with Crippen LogP contribution in [0.1, 0.15) is 44.7 Å². The molecule has 1 aliphatic rings. The Morgan fingerprint density at radius 2 is 1.52 bits per heavy atom. The van der Waals surface area contributed by atoms with Gasteiger partial charge in [0.2, 0.25) is 5.91 Å². The van der Waals surface area contributed by atoms with E-state index in [1.54, 1.807) is 6.08 Å². The number of amides is 2. The number of benzene rings is 3. The van der Waals surface area contributed by atoms with Crippen LogP contribution < -0.4 is 5.32 Å². The van der Waals surface area contributed by atoms with Gasteiger partial charge >= 0.3 is 6.09 Å². The SMILES string of the molecule is CN(Cc1ccc(/C=C/C(=O)Nc2ccc(-c3ccc(Cl)cc3)cc2)cc1)C1CCN(C(=O)OC(C)(C)C)CC1. The number of nitrogens with zero attached hydrogens (tertiary/aromatic N) is 2. The molecule has 0 radical (unpaired) electrons. The van der Waals surface area contributed by atoms with Crippen LogP contribution in [0.25, 0.3) is 17.2 Å². The van der Waals surface area contributed by atoms with Gasteiger partial charge in [-0.3, -0.25) is 9.69 Å². The van der Waals surface area contributed by atoms with Crippen molar-refractivity contribution in [2.45, 2.75) is 51.8 Å². The van der Waals surface area contributed by atoms with Crippen molar-refractivity contribution in [1.29, 1.82) is 0 Å². The standard InChI is InChI=1S/C33H38ClN3O3/c1-33(2,3)40-32(39)37-21-19-30(20-22-37)36(4)23-25-7-5-24(6-8-25)9-18-31(38)35-29-16-12-27(13-17-29)26-10-14-28(34)15-11-26/h5-18,30H,19-23H2,1-4H3,(H,35,38)/b18-9+. The van der Waals surface area contributed by atoms with E-state index in [2.05, 4.69) is 29.4 Å². The molecule has 0 bridgehead atoms. The number of ether oxygens (including phenoxy) is 1. The first-order valence-corrected chi connectivity index (χ1v) is 14.1. The Kier molecular flexibility index (Phi) is 9.67. The molecule has 3 aromatic rings. The van der Waals surface area contributed by atoms with Gasteiger partial charge in [-0.1, -0.05) is 60.1 Å². The highest BCUT2D eigenvalue weighted by Crippen LogP contribution is 2.24. The van der Waals surface area contributed by atoms with Crippen LogP contribution in [0.15, 0.2) is 78.9 Å². The molecule has 0 spiro atoms. The molecule has 1 N–H and O–H groups in total. The normalized spacial score (nSPS) is 14.5. The lowest BCUT2D eigenvalue weighted by Crippen LogP contribution is -2.46. The minimum absolute atomic E-state index is 0.180. The second kappa shape index (κ2) is 13.2. The minimum Gasteiger partial charge on any atom is -0.444 e. The molecular weight excluding hydrogens is 522 g/mol. The zero-order chi connectivity index (χ0) is 28.7. The van der Waals surface area contributed by atoms with E-state index in [4.69, 9.17) is 16.3 Å². The van der Waals surface area contributed by atoms with E-state index in [0.29, 0.717) is 24.2 Å². The monoisotopic (exact) mass is 559 g/mol. The molecule has 0 aliphatic carbocycles. The van der Waals surface area contributed by atoms with Gasteiger partial charge in [-0.05, 0) is 93.3 Å². The summed E-state index contributed by atoms with van der Waals surface area (Å²) in [6.45, 7) is 7.93. The maximum absolute atomic E-state index is 12.4. The van der Waals surface area contributed by atoms with Gasteiger partial charge in [-0.25, -0.2) is 4.79 Å². The lowest BCUT2D eigenvalue weighted by Gasteiger charge is -2.37. The number of nitrogens with one attached hydrogen (secondary N) is 1. The van der Waals surface area contributed by atoms with Crippen molar-refractivity contribution in [2.24, 2.45) is 0 Å². The fraction of sp³-hybridized carbons (Fsp3) is 0.333. The largest absolute Gasteiger partial charge is 0.444 e. The number of hydrogen-bond donors (Lipinski definition) is 1. The van der Waals surface area contributed by atoms with E-state index in [1.807, 2.05) is 92.4 Å². The van der Waals surface area contributed by atoms with Gasteiger partial charge in [-0.15, -0.1) is 0 Å². The predicted octanol–water partition coefficient (Wildman–Crippen LogP) is 7.49. The average Bonchev–Trinajstić information content (AvgIpc) is 2.93. The fourth-order valence-corrected chi connectivity index (χ4v) is 4.84. The molecule has 7 heteroatoms. The molecule has 1 saturated heterocycles. The summed E-state index contributed by atoms with van der Waals surface area (Å²) in [6.07, 6.45) is 4.99. The molecular formula is C33H38ClN3O3. The number of rotatable bonds is 7. The Labute approximate surface area is 242 Å². The van der Waals surface area contributed by atoms with Crippen LogP contribution in [-0.4, -0.2) is 53.6 Å². The topological polar surface area (TPSA) is 61.9 Å². The molecule has 0 aromatic heterocycles. The quantitative estimate of drug-likeness (QED) is 0.305. The highest BCUT2D eigenvalue weighted by atomic mass is 35.5. The van der Waals surface area contributed by atoms with Crippen molar-refractivity contribution >= 4 is 35.4 Å². The molecule has 0 unspecified atom stereocenters. The molecule has 1 heterocycles. The van der Waals surface area contributed by atoms with Crippen LogP contribution in [0, 0.1) is 0 Å². The summed E-state index contributed by atoms with van der Waals surface area (Å²) in [6, 6.07) is 24.1. The maximum atomic E-state index is 12.4. The van der Waals surface area contributed by atoms with Gasteiger partial charge in [0.1, 0.15) is 5.60 Å². The first-order valence-electron chi connectivity index (χ1n) is 13.7. The first-order chi connectivity index (χ1) is 19.1. The van der Waals surface area contributed by atoms with E-state index < -0.39 is 5.60 Å². The van der Waals surface area contributed by atoms with Crippen LogP contribution in [-0.2, 0) is 16.1 Å². The summed E-state index contributed by atoms with van der Waals surface area (Å²) in [5, 5.41) is 3.61. The molecule has 1 aliphatic heterocycles. The van der Waals surface area contributed by atoms with Crippen molar-refractivity contribution in [3.8, 4) is 11.1 Å². The van der Waals surface area contributed by atoms with Gasteiger partial charge in [0, 0.05) is 42.5 Å². The Balaban J connectivity index is 1.23. The van der Waals surface area contributed by atoms with E-state index >= 15 is 0 Å². The molecule has 0 saturated carbocycles. The number of likely N-dealkylation sites (tertiary alicyclic amines) is 1. The summed E-state index contributed by atoms with van der Waals surface area (Å²) < 4.78 is 5.51. The number of hydrogen-bond acceptors (Lipinski definition) is 4. The van der Waals surface area contributed by atoms with E-state index in [-0.39, 0.29) is 12.0 Å². The zero-order valence-electron chi connectivity index (χ0n) is 23.7. The number of anilines is 1. The molecule has 4 rings (SSSR count). The number of piperidine rings is 1. The summed E-state index contributed by atoms with van der Waals surface area (Å²) in [7, 11) is 2.13. The van der Waals surface area contributed by atoms with E-state index in [1.165, 1.54) is 5.56 Å². The van der Waals surface area contributed by atoms with Crippen LogP contribution >= 0.6 is 11.6 Å².